The number of nitrogens with zero attached hydrogens (tertiary/aromatic N) is 2. The zero-order valence-corrected chi connectivity index (χ0v) is 6.99. The summed E-state index contributed by atoms with van der Waals surface area (Å²) in [6, 6.07) is 0.345. The molecule has 0 bridgehead atoms. The lowest BCUT2D eigenvalue weighted by Gasteiger charge is -2.28. The van der Waals surface area contributed by atoms with E-state index in [1.165, 1.54) is 0 Å². The van der Waals surface area contributed by atoms with E-state index in [1.807, 2.05) is 0 Å². The maximum Gasteiger partial charge on any atom is 0.248 e. The van der Waals surface area contributed by atoms with Crippen LogP contribution in [0.1, 0.15) is 19.3 Å². The van der Waals surface area contributed by atoms with Crippen LogP contribution < -0.4 is 5.32 Å². The molecule has 0 radical (unpaired) electrons. The van der Waals surface area contributed by atoms with Crippen LogP contribution in [0.15, 0.2) is 5.10 Å². The van der Waals surface area contributed by atoms with E-state index in [-0.39, 0.29) is 5.91 Å². The second kappa shape index (κ2) is 3.23. The summed E-state index contributed by atoms with van der Waals surface area (Å²) in [4.78, 5) is 11.3. The van der Waals surface area contributed by atoms with Gasteiger partial charge in [0.15, 0.2) is 0 Å². The standard InChI is InChI=1S/C8H13N3O/c12-8-3-6-10-11(8)7-1-4-9-5-2-7/h6-7,9H,1-5H2. The Kier molecular flexibility index (Phi) is 2.08. The number of hydrogen-bond donors (Lipinski definition) is 1. The average molecular weight is 167 g/mol. The number of hydrazone groups is 1. The Balaban J connectivity index is 1.97. The first-order chi connectivity index (χ1) is 5.88. The average Bonchev–Trinajstić information content (AvgIpc) is 2.53. The van der Waals surface area contributed by atoms with E-state index in [4.69, 9.17) is 0 Å². The first-order valence-electron chi connectivity index (χ1n) is 4.43. The fraction of sp³-hybridized carbons (Fsp3) is 0.750. The lowest BCUT2D eigenvalue weighted by Crippen LogP contribution is -2.41. The summed E-state index contributed by atoms with van der Waals surface area (Å²) in [6.07, 6.45) is 4.25. The minimum Gasteiger partial charge on any atom is -0.317 e. The summed E-state index contributed by atoms with van der Waals surface area (Å²) >= 11 is 0. The Morgan fingerprint density at radius 2 is 2.25 bits per heavy atom. The van der Waals surface area contributed by atoms with Gasteiger partial charge in [-0.05, 0) is 25.9 Å². The van der Waals surface area contributed by atoms with E-state index in [1.54, 1.807) is 11.2 Å². The minimum atomic E-state index is 0.155. The predicted octanol–water partition coefficient (Wildman–Crippen LogP) is -0.0435. The molecule has 2 aliphatic rings. The smallest absolute Gasteiger partial charge is 0.248 e. The van der Waals surface area contributed by atoms with Crippen LogP contribution in [-0.4, -0.2) is 36.3 Å². The van der Waals surface area contributed by atoms with E-state index in [0.29, 0.717) is 12.5 Å². The lowest BCUT2D eigenvalue weighted by molar-refractivity contribution is -0.131. The van der Waals surface area contributed by atoms with E-state index in [9.17, 15) is 4.79 Å². The molecule has 0 atom stereocenters. The van der Waals surface area contributed by atoms with E-state index in [2.05, 4.69) is 10.4 Å². The van der Waals surface area contributed by atoms with Crippen LogP contribution in [0.2, 0.25) is 0 Å². The molecule has 0 aromatic rings. The van der Waals surface area contributed by atoms with Crippen molar-refractivity contribution < 1.29 is 4.79 Å². The van der Waals surface area contributed by atoms with Crippen LogP contribution in [0.3, 0.4) is 0 Å². The quantitative estimate of drug-likeness (QED) is 0.595. The fourth-order valence-electron chi connectivity index (χ4n) is 1.71. The van der Waals surface area contributed by atoms with Gasteiger partial charge >= 0.3 is 0 Å². The van der Waals surface area contributed by atoms with Gasteiger partial charge < -0.3 is 5.32 Å². The van der Waals surface area contributed by atoms with E-state index < -0.39 is 0 Å². The summed E-state index contributed by atoms with van der Waals surface area (Å²) in [5.41, 5.74) is 0. The van der Waals surface area contributed by atoms with Crippen molar-refractivity contribution in [3.8, 4) is 0 Å². The van der Waals surface area contributed by atoms with Crippen molar-refractivity contribution in [3.05, 3.63) is 0 Å². The molecule has 0 unspecified atom stereocenters. The molecule has 0 aromatic heterocycles. The van der Waals surface area contributed by atoms with Crippen LogP contribution in [-0.2, 0) is 4.79 Å². The number of rotatable bonds is 1. The number of piperidine rings is 1. The van der Waals surface area contributed by atoms with Crippen LogP contribution >= 0.6 is 0 Å². The van der Waals surface area contributed by atoms with Crippen molar-refractivity contribution in [2.45, 2.75) is 25.3 Å². The Morgan fingerprint density at radius 1 is 1.50 bits per heavy atom. The van der Waals surface area contributed by atoms with Crippen LogP contribution in [0.5, 0.6) is 0 Å². The number of carbonyl (C=O) groups is 1. The topological polar surface area (TPSA) is 44.7 Å². The maximum absolute atomic E-state index is 11.3. The van der Waals surface area contributed by atoms with Gasteiger partial charge in [-0.25, -0.2) is 5.01 Å². The Bertz CT molecular complexity index is 208. The lowest BCUT2D eigenvalue weighted by atomic mass is 10.1. The van der Waals surface area contributed by atoms with Crippen molar-refractivity contribution in [1.29, 1.82) is 0 Å². The Morgan fingerprint density at radius 3 is 2.83 bits per heavy atom. The van der Waals surface area contributed by atoms with Crippen molar-refractivity contribution in [3.63, 3.8) is 0 Å². The first-order valence-corrected chi connectivity index (χ1v) is 4.43. The molecular weight excluding hydrogens is 154 g/mol. The molecule has 2 heterocycles. The normalized spacial score (nSPS) is 25.3. The molecule has 4 heteroatoms. The third-order valence-corrected chi connectivity index (χ3v) is 2.38. The summed E-state index contributed by atoms with van der Waals surface area (Å²) < 4.78 is 0. The number of carbonyl (C=O) groups excluding carboxylic acids is 1. The zero-order valence-electron chi connectivity index (χ0n) is 6.99. The largest absolute Gasteiger partial charge is 0.317 e. The van der Waals surface area contributed by atoms with Crippen molar-refractivity contribution in [2.24, 2.45) is 5.10 Å². The van der Waals surface area contributed by atoms with Gasteiger partial charge in [-0.3, -0.25) is 4.79 Å². The van der Waals surface area contributed by atoms with Crippen molar-refractivity contribution in [2.75, 3.05) is 13.1 Å². The molecule has 12 heavy (non-hydrogen) atoms. The predicted molar refractivity (Wildman–Crippen MR) is 45.8 cm³/mol. The summed E-state index contributed by atoms with van der Waals surface area (Å²) in [7, 11) is 0. The number of hydrogen-bond acceptors (Lipinski definition) is 3. The Labute approximate surface area is 71.6 Å². The second-order valence-corrected chi connectivity index (χ2v) is 3.22. The Hall–Kier alpha value is -0.900. The SMILES string of the molecule is O=C1CC=NN1C1CCNCC1. The molecule has 0 aromatic carbocycles. The monoisotopic (exact) mass is 167 g/mol. The molecule has 0 saturated carbocycles. The highest BCUT2D eigenvalue weighted by Crippen LogP contribution is 2.15. The highest BCUT2D eigenvalue weighted by Gasteiger charge is 2.26. The van der Waals surface area contributed by atoms with Gasteiger partial charge in [-0.1, -0.05) is 0 Å². The van der Waals surface area contributed by atoms with Gasteiger partial charge in [-0.15, -0.1) is 0 Å². The highest BCUT2D eigenvalue weighted by molar-refractivity contribution is 5.93. The van der Waals surface area contributed by atoms with E-state index in [0.717, 1.165) is 25.9 Å². The minimum absolute atomic E-state index is 0.155. The van der Waals surface area contributed by atoms with Gasteiger partial charge in [0.25, 0.3) is 0 Å². The number of amides is 1. The summed E-state index contributed by atoms with van der Waals surface area (Å²) in [5, 5.41) is 8.99. The molecular formula is C8H13N3O. The van der Waals surface area contributed by atoms with Gasteiger partial charge in [0, 0.05) is 6.21 Å². The molecule has 0 aliphatic carbocycles. The molecule has 1 N–H and O–H groups in total. The maximum atomic E-state index is 11.3. The molecule has 66 valence electrons. The molecule has 1 saturated heterocycles. The third-order valence-electron chi connectivity index (χ3n) is 2.38. The van der Waals surface area contributed by atoms with Crippen molar-refractivity contribution >= 4 is 12.1 Å². The molecule has 2 aliphatic heterocycles. The van der Waals surface area contributed by atoms with Gasteiger partial charge in [0.1, 0.15) is 0 Å². The first kappa shape index (κ1) is 7.73. The molecule has 4 nitrogen and oxygen atoms in total. The van der Waals surface area contributed by atoms with Crippen LogP contribution in [0, 0.1) is 0 Å². The number of nitrogens with one attached hydrogen (secondary N) is 1. The van der Waals surface area contributed by atoms with Gasteiger partial charge in [0.2, 0.25) is 5.91 Å². The van der Waals surface area contributed by atoms with E-state index >= 15 is 0 Å². The zero-order chi connectivity index (χ0) is 8.39. The summed E-state index contributed by atoms with van der Waals surface area (Å²) in [6.45, 7) is 2.01. The molecule has 1 amide bonds. The molecule has 0 spiro atoms. The van der Waals surface area contributed by atoms with Crippen LogP contribution in [0.4, 0.5) is 0 Å². The van der Waals surface area contributed by atoms with Gasteiger partial charge in [0.05, 0.1) is 12.5 Å². The van der Waals surface area contributed by atoms with Crippen LogP contribution in [0.25, 0.3) is 0 Å². The highest BCUT2D eigenvalue weighted by atomic mass is 16.2. The second-order valence-electron chi connectivity index (χ2n) is 3.22. The fourth-order valence-corrected chi connectivity index (χ4v) is 1.71. The molecule has 2 rings (SSSR count). The van der Waals surface area contributed by atoms with Gasteiger partial charge in [-0.2, -0.15) is 5.10 Å². The molecule has 1 fully saturated rings. The summed E-state index contributed by atoms with van der Waals surface area (Å²) in [5.74, 6) is 0.155. The van der Waals surface area contributed by atoms with Crippen molar-refractivity contribution in [1.82, 2.24) is 10.3 Å². The third kappa shape index (κ3) is 1.34.